The lowest BCUT2D eigenvalue weighted by Gasteiger charge is -2.23. The van der Waals surface area contributed by atoms with Crippen molar-refractivity contribution in [1.29, 1.82) is 0 Å². The van der Waals surface area contributed by atoms with E-state index in [1.54, 1.807) is 25.1 Å². The number of carbonyl (C=O) groups excluding carboxylic acids is 1. The second-order valence-corrected chi connectivity index (χ2v) is 8.93. The van der Waals surface area contributed by atoms with E-state index in [-0.39, 0.29) is 24.2 Å². The van der Waals surface area contributed by atoms with Crippen LogP contribution in [0.15, 0.2) is 18.2 Å². The van der Waals surface area contributed by atoms with Crippen LogP contribution in [0.4, 0.5) is 18.9 Å². The predicted molar refractivity (Wildman–Crippen MR) is 117 cm³/mol. The van der Waals surface area contributed by atoms with Crippen molar-refractivity contribution >= 4 is 34.4 Å². The van der Waals surface area contributed by atoms with Crippen LogP contribution in [0.3, 0.4) is 0 Å². The van der Waals surface area contributed by atoms with Gasteiger partial charge in [0.15, 0.2) is 0 Å². The van der Waals surface area contributed by atoms with Crippen molar-refractivity contribution in [2.75, 3.05) is 24.2 Å². The summed E-state index contributed by atoms with van der Waals surface area (Å²) in [5, 5.41) is 11.3. The summed E-state index contributed by atoms with van der Waals surface area (Å²) in [7, 11) is 0. The van der Waals surface area contributed by atoms with Crippen molar-refractivity contribution in [3.05, 3.63) is 35.0 Å². The van der Waals surface area contributed by atoms with E-state index in [1.807, 2.05) is 20.8 Å². The Balaban J connectivity index is 2.45. The molecule has 6 N–H and O–H groups in total. The summed E-state index contributed by atoms with van der Waals surface area (Å²) >= 11 is 1.10. The fourth-order valence-electron chi connectivity index (χ4n) is 2.98. The van der Waals surface area contributed by atoms with Gasteiger partial charge in [-0.2, -0.15) is 13.2 Å². The van der Waals surface area contributed by atoms with Crippen LogP contribution in [0.25, 0.3) is 10.9 Å². The molecular formula is C20H28F3N5OS. The van der Waals surface area contributed by atoms with Gasteiger partial charge in [-0.1, -0.05) is 32.7 Å². The first-order valence-corrected chi connectivity index (χ1v) is 10.5. The van der Waals surface area contributed by atoms with E-state index in [0.29, 0.717) is 22.3 Å². The molecule has 0 fully saturated rings. The summed E-state index contributed by atoms with van der Waals surface area (Å²) < 4.78 is 38.0. The maximum Gasteiger partial charge on any atom is 0.405 e. The molecule has 1 atom stereocenters. The molecule has 0 saturated carbocycles. The molecule has 2 aromatic rings. The Morgan fingerprint density at radius 1 is 1.23 bits per heavy atom. The van der Waals surface area contributed by atoms with Gasteiger partial charge in [0.05, 0.1) is 5.52 Å². The number of carbonyl (C=O) groups is 1. The second-order valence-electron chi connectivity index (χ2n) is 8.27. The Hall–Kier alpha value is -2.04. The molecule has 0 aliphatic heterocycles. The Kier molecular flexibility index (Phi) is 7.59. The number of amides is 1. The zero-order valence-electron chi connectivity index (χ0n) is 17.5. The van der Waals surface area contributed by atoms with E-state index in [4.69, 9.17) is 10.9 Å². The van der Waals surface area contributed by atoms with Crippen LogP contribution in [0, 0.1) is 6.92 Å². The minimum atomic E-state index is -4.32. The molecule has 2 rings (SSSR count). The zero-order chi connectivity index (χ0) is 22.7. The van der Waals surface area contributed by atoms with Gasteiger partial charge in [0, 0.05) is 29.4 Å². The zero-order valence-corrected chi connectivity index (χ0v) is 18.3. The summed E-state index contributed by atoms with van der Waals surface area (Å²) in [6, 6.07) is 4.64. The highest BCUT2D eigenvalue weighted by molar-refractivity contribution is 7.97. The maximum atomic E-state index is 12.7. The second kappa shape index (κ2) is 9.40. The molecule has 1 heterocycles. The largest absolute Gasteiger partial charge is 0.405 e. The van der Waals surface area contributed by atoms with Crippen LogP contribution in [-0.2, 0) is 5.41 Å². The standard InChI is InChI=1S/C20H28F3N5OS/c1-11-5-16(18(29)26-8-12(24)9-30-25)28-17-14(11)6-13(27-10-20(21,22)23)7-15(17)19(2,3)4/h5-7,12,27H,8-10,24-25H2,1-4H3,(H,26,29). The lowest BCUT2D eigenvalue weighted by atomic mass is 9.84. The van der Waals surface area contributed by atoms with Crippen molar-refractivity contribution in [1.82, 2.24) is 10.3 Å². The van der Waals surface area contributed by atoms with Crippen LogP contribution in [0.1, 0.15) is 42.4 Å². The molecule has 0 bridgehead atoms. The number of rotatable bonds is 7. The highest BCUT2D eigenvalue weighted by Gasteiger charge is 2.27. The Labute approximate surface area is 178 Å². The first-order valence-electron chi connectivity index (χ1n) is 9.44. The molecule has 1 unspecified atom stereocenters. The Bertz CT molecular complexity index is 912. The number of aromatic nitrogens is 1. The normalized spacial score (nSPS) is 13.4. The molecule has 6 nitrogen and oxygen atoms in total. The van der Waals surface area contributed by atoms with Crippen LogP contribution in [-0.4, -0.2) is 42.0 Å². The lowest BCUT2D eigenvalue weighted by Crippen LogP contribution is -2.39. The summed E-state index contributed by atoms with van der Waals surface area (Å²) in [6.45, 7) is 6.77. The van der Waals surface area contributed by atoms with Gasteiger partial charge in [0.25, 0.3) is 5.91 Å². The molecule has 10 heteroatoms. The van der Waals surface area contributed by atoms with E-state index >= 15 is 0 Å². The SMILES string of the molecule is Cc1cc(C(=O)NCC(N)CSN)nc2c(C(C)(C)C)cc(NCC(F)(F)F)cc12. The molecule has 1 amide bonds. The predicted octanol–water partition coefficient (Wildman–Crippen LogP) is 3.48. The molecule has 30 heavy (non-hydrogen) atoms. The summed E-state index contributed by atoms with van der Waals surface area (Å²) in [4.78, 5) is 17.1. The first kappa shape index (κ1) is 24.2. The number of nitrogens with one attached hydrogen (secondary N) is 2. The number of hydrogen-bond acceptors (Lipinski definition) is 6. The Morgan fingerprint density at radius 2 is 1.90 bits per heavy atom. The summed E-state index contributed by atoms with van der Waals surface area (Å²) in [6.07, 6.45) is -4.32. The van der Waals surface area contributed by atoms with Crippen molar-refractivity contribution in [2.24, 2.45) is 10.9 Å². The number of fused-ring (bicyclic) bond motifs is 1. The van der Waals surface area contributed by atoms with Crippen LogP contribution in [0.2, 0.25) is 0 Å². The quantitative estimate of drug-likeness (QED) is 0.488. The fourth-order valence-corrected chi connectivity index (χ4v) is 3.35. The van der Waals surface area contributed by atoms with Crippen LogP contribution in [0.5, 0.6) is 0 Å². The van der Waals surface area contributed by atoms with Crippen molar-refractivity contribution in [3.8, 4) is 0 Å². The molecule has 0 aliphatic carbocycles. The molecular weight excluding hydrogens is 415 g/mol. The molecule has 1 aromatic carbocycles. The number of pyridine rings is 1. The van der Waals surface area contributed by atoms with E-state index < -0.39 is 18.1 Å². The van der Waals surface area contributed by atoms with Crippen molar-refractivity contribution in [2.45, 2.75) is 45.3 Å². The number of hydrogen-bond donors (Lipinski definition) is 4. The number of benzene rings is 1. The van der Waals surface area contributed by atoms with E-state index in [1.165, 1.54) is 0 Å². The number of nitrogens with zero attached hydrogens (tertiary/aromatic N) is 1. The number of aryl methyl sites for hydroxylation is 1. The highest BCUT2D eigenvalue weighted by atomic mass is 32.2. The molecule has 0 spiro atoms. The third-order valence-corrected chi connectivity index (χ3v) is 5.11. The molecule has 0 aliphatic rings. The monoisotopic (exact) mass is 443 g/mol. The number of nitrogens with two attached hydrogens (primary N) is 2. The lowest BCUT2D eigenvalue weighted by molar-refractivity contribution is -0.115. The summed E-state index contributed by atoms with van der Waals surface area (Å²) in [5.74, 6) is 0.142. The fraction of sp³-hybridized carbons (Fsp3) is 0.500. The van der Waals surface area contributed by atoms with Gasteiger partial charge in [-0.25, -0.2) is 4.98 Å². The van der Waals surface area contributed by atoms with Gasteiger partial charge in [-0.3, -0.25) is 9.93 Å². The molecule has 166 valence electrons. The van der Waals surface area contributed by atoms with Crippen molar-refractivity contribution in [3.63, 3.8) is 0 Å². The van der Waals surface area contributed by atoms with Crippen LogP contribution < -0.4 is 21.5 Å². The third-order valence-electron chi connectivity index (χ3n) is 4.49. The highest BCUT2D eigenvalue weighted by Crippen LogP contribution is 2.34. The minimum Gasteiger partial charge on any atom is -0.376 e. The van der Waals surface area contributed by atoms with Gasteiger partial charge in [0.2, 0.25) is 0 Å². The van der Waals surface area contributed by atoms with Gasteiger partial charge < -0.3 is 16.4 Å². The summed E-state index contributed by atoms with van der Waals surface area (Å²) in [5.41, 5.74) is 8.14. The maximum absolute atomic E-state index is 12.7. The van der Waals surface area contributed by atoms with Gasteiger partial charge in [-0.05, 0) is 41.7 Å². The van der Waals surface area contributed by atoms with Crippen LogP contribution >= 0.6 is 11.9 Å². The van der Waals surface area contributed by atoms with Crippen molar-refractivity contribution < 1.29 is 18.0 Å². The number of halogens is 3. The number of anilines is 1. The topological polar surface area (TPSA) is 106 Å². The minimum absolute atomic E-state index is 0.231. The van der Waals surface area contributed by atoms with E-state index in [9.17, 15) is 18.0 Å². The average Bonchev–Trinajstić information content (AvgIpc) is 2.62. The van der Waals surface area contributed by atoms with Gasteiger partial charge in [0.1, 0.15) is 12.2 Å². The number of alkyl halides is 3. The third kappa shape index (κ3) is 6.48. The van der Waals surface area contributed by atoms with E-state index in [0.717, 1.165) is 23.1 Å². The molecule has 0 radical (unpaired) electrons. The average molecular weight is 444 g/mol. The Morgan fingerprint density at radius 3 is 2.47 bits per heavy atom. The molecule has 1 aromatic heterocycles. The first-order chi connectivity index (χ1) is 13.8. The van der Waals surface area contributed by atoms with E-state index in [2.05, 4.69) is 15.6 Å². The molecule has 0 saturated heterocycles. The van der Waals surface area contributed by atoms with Gasteiger partial charge in [-0.15, -0.1) is 0 Å². The van der Waals surface area contributed by atoms with Gasteiger partial charge >= 0.3 is 6.18 Å². The smallest absolute Gasteiger partial charge is 0.376 e.